The van der Waals surface area contributed by atoms with E-state index in [9.17, 15) is 13.2 Å². The first-order chi connectivity index (χ1) is 16.7. The van der Waals surface area contributed by atoms with Gasteiger partial charge in [-0.25, -0.2) is 13.4 Å². The van der Waals surface area contributed by atoms with Crippen LogP contribution in [-0.4, -0.2) is 67.8 Å². The average Bonchev–Trinajstić information content (AvgIpc) is 3.26. The van der Waals surface area contributed by atoms with Crippen molar-refractivity contribution in [3.05, 3.63) is 53.1 Å². The van der Waals surface area contributed by atoms with Crippen LogP contribution in [0.15, 0.2) is 41.3 Å². The van der Waals surface area contributed by atoms with Gasteiger partial charge < -0.3 is 4.90 Å². The lowest BCUT2D eigenvalue weighted by molar-refractivity contribution is 0.0983. The van der Waals surface area contributed by atoms with Crippen LogP contribution >= 0.6 is 11.3 Å². The van der Waals surface area contributed by atoms with Gasteiger partial charge >= 0.3 is 0 Å². The highest BCUT2D eigenvalue weighted by Gasteiger charge is 2.25. The minimum atomic E-state index is -3.58. The quantitative estimate of drug-likeness (QED) is 0.361. The molecule has 0 saturated heterocycles. The highest BCUT2D eigenvalue weighted by molar-refractivity contribution is 7.89. The lowest BCUT2D eigenvalue weighted by Crippen LogP contribution is -2.39. The molecule has 0 fully saturated rings. The Morgan fingerprint density at radius 1 is 0.914 bits per heavy atom. The Labute approximate surface area is 213 Å². The molecule has 7 nitrogen and oxygen atoms in total. The summed E-state index contributed by atoms with van der Waals surface area (Å²) in [6, 6.07) is 10.4. The van der Waals surface area contributed by atoms with Crippen molar-refractivity contribution in [1.82, 2.24) is 14.2 Å². The van der Waals surface area contributed by atoms with Crippen molar-refractivity contribution in [2.45, 2.75) is 46.4 Å². The van der Waals surface area contributed by atoms with E-state index in [4.69, 9.17) is 4.98 Å². The normalized spacial score (nSPS) is 12.1. The van der Waals surface area contributed by atoms with E-state index in [0.29, 0.717) is 30.3 Å². The fraction of sp³-hybridized carbons (Fsp3) is 0.462. The molecule has 35 heavy (non-hydrogen) atoms. The Balaban J connectivity index is 1.97. The summed E-state index contributed by atoms with van der Waals surface area (Å²) in [5.41, 5.74) is 3.61. The van der Waals surface area contributed by atoms with Crippen LogP contribution in [-0.2, 0) is 10.0 Å². The number of likely N-dealkylation sites (N-methyl/N-ethyl adjacent to an activating group) is 1. The fourth-order valence-corrected chi connectivity index (χ4v) is 6.68. The minimum absolute atomic E-state index is 0.183. The molecule has 0 saturated carbocycles. The summed E-state index contributed by atoms with van der Waals surface area (Å²) in [5, 5.41) is 0.658. The zero-order valence-electron chi connectivity index (χ0n) is 21.5. The largest absolute Gasteiger partial charge is 0.302 e. The van der Waals surface area contributed by atoms with Gasteiger partial charge in [0, 0.05) is 31.7 Å². The Kier molecular flexibility index (Phi) is 9.04. The molecular weight excluding hydrogens is 480 g/mol. The van der Waals surface area contributed by atoms with E-state index in [-0.39, 0.29) is 10.8 Å². The van der Waals surface area contributed by atoms with Crippen LogP contribution in [0.25, 0.3) is 10.2 Å². The zero-order chi connectivity index (χ0) is 25.8. The van der Waals surface area contributed by atoms with E-state index < -0.39 is 10.0 Å². The third-order valence-corrected chi connectivity index (χ3v) is 9.56. The summed E-state index contributed by atoms with van der Waals surface area (Å²) in [6.45, 7) is 15.8. The molecule has 0 bridgehead atoms. The van der Waals surface area contributed by atoms with E-state index in [0.717, 1.165) is 41.0 Å². The van der Waals surface area contributed by atoms with Crippen LogP contribution in [0.5, 0.6) is 0 Å². The predicted octanol–water partition coefficient (Wildman–Crippen LogP) is 4.93. The number of fused-ring (bicyclic) bond motifs is 1. The van der Waals surface area contributed by atoms with Crippen molar-refractivity contribution in [2.24, 2.45) is 0 Å². The number of carbonyl (C=O) groups excluding carboxylic acids is 1. The molecule has 0 unspecified atom stereocenters. The van der Waals surface area contributed by atoms with E-state index in [1.54, 1.807) is 17.0 Å². The number of hydrogen-bond donors (Lipinski definition) is 0. The van der Waals surface area contributed by atoms with Crippen LogP contribution in [0, 0.1) is 13.8 Å². The van der Waals surface area contributed by atoms with Gasteiger partial charge in [0.05, 0.1) is 15.1 Å². The Hall–Kier alpha value is -2.33. The molecule has 2 aromatic carbocycles. The molecule has 1 aromatic heterocycles. The zero-order valence-corrected chi connectivity index (χ0v) is 23.2. The molecule has 0 aliphatic rings. The Morgan fingerprint density at radius 2 is 1.54 bits per heavy atom. The molecule has 0 spiro atoms. The number of nitrogens with zero attached hydrogens (tertiary/aromatic N) is 4. The lowest BCUT2D eigenvalue weighted by Gasteiger charge is -2.25. The molecule has 1 amide bonds. The minimum Gasteiger partial charge on any atom is -0.302 e. The molecule has 0 aliphatic heterocycles. The molecule has 3 rings (SSSR count). The summed E-state index contributed by atoms with van der Waals surface area (Å²) >= 11 is 1.52. The van der Waals surface area contributed by atoms with Crippen LogP contribution in [0.3, 0.4) is 0 Å². The van der Waals surface area contributed by atoms with Gasteiger partial charge in [0.1, 0.15) is 0 Å². The van der Waals surface area contributed by atoms with Gasteiger partial charge in [-0.2, -0.15) is 4.31 Å². The summed E-state index contributed by atoms with van der Waals surface area (Å²) < 4.78 is 28.2. The maximum atomic E-state index is 13.7. The second kappa shape index (κ2) is 11.6. The van der Waals surface area contributed by atoms with Crippen molar-refractivity contribution < 1.29 is 13.2 Å². The van der Waals surface area contributed by atoms with Gasteiger partial charge in [-0.1, -0.05) is 45.1 Å². The molecule has 0 atom stereocenters. The van der Waals surface area contributed by atoms with Crippen LogP contribution in [0.1, 0.15) is 49.2 Å². The number of carbonyl (C=O) groups is 1. The molecule has 1 heterocycles. The predicted molar refractivity (Wildman–Crippen MR) is 145 cm³/mol. The first kappa shape index (κ1) is 27.3. The van der Waals surface area contributed by atoms with E-state index >= 15 is 0 Å². The SMILES string of the molecule is CCN(CC)CCN(C(=O)c1ccc(S(=O)(=O)N(CC)CC)cc1)c1nc2cc(C)cc(C)c2s1. The summed E-state index contributed by atoms with van der Waals surface area (Å²) in [6.07, 6.45) is 0. The summed E-state index contributed by atoms with van der Waals surface area (Å²) in [7, 11) is -3.58. The summed E-state index contributed by atoms with van der Waals surface area (Å²) in [5.74, 6) is -0.183. The number of anilines is 1. The molecule has 9 heteroatoms. The van der Waals surface area contributed by atoms with Crippen molar-refractivity contribution >= 4 is 42.6 Å². The Morgan fingerprint density at radius 3 is 2.11 bits per heavy atom. The number of aromatic nitrogens is 1. The fourth-order valence-electron chi connectivity index (χ4n) is 4.18. The lowest BCUT2D eigenvalue weighted by atomic mass is 10.1. The molecule has 0 radical (unpaired) electrons. The van der Waals surface area contributed by atoms with Gasteiger partial charge in [-0.3, -0.25) is 9.69 Å². The highest BCUT2D eigenvalue weighted by atomic mass is 32.2. The van der Waals surface area contributed by atoms with Crippen molar-refractivity contribution in [1.29, 1.82) is 0 Å². The monoisotopic (exact) mass is 516 g/mol. The Bertz CT molecular complexity index is 1260. The number of hydrogen-bond acceptors (Lipinski definition) is 6. The van der Waals surface area contributed by atoms with E-state index in [1.165, 1.54) is 27.8 Å². The van der Waals surface area contributed by atoms with Crippen molar-refractivity contribution in [3.8, 4) is 0 Å². The van der Waals surface area contributed by atoms with E-state index in [2.05, 4.69) is 31.7 Å². The number of aryl methyl sites for hydroxylation is 2. The van der Waals surface area contributed by atoms with Crippen LogP contribution < -0.4 is 4.90 Å². The topological polar surface area (TPSA) is 73.8 Å². The van der Waals surface area contributed by atoms with E-state index in [1.807, 2.05) is 26.8 Å². The van der Waals surface area contributed by atoms with Gasteiger partial charge in [0.25, 0.3) is 5.91 Å². The standard InChI is InChI=1S/C26H36N4O3S2/c1-7-28(8-2)15-16-30(26-27-23-18-19(5)17-20(6)24(23)34-26)25(31)21-11-13-22(14-12-21)35(32,33)29(9-3)10-4/h11-14,17-18H,7-10,15-16H2,1-6H3. The third kappa shape index (κ3) is 5.91. The first-order valence-corrected chi connectivity index (χ1v) is 14.4. The number of amides is 1. The van der Waals surface area contributed by atoms with Crippen molar-refractivity contribution in [2.75, 3.05) is 44.2 Å². The van der Waals surface area contributed by atoms with Crippen LogP contribution in [0.4, 0.5) is 5.13 Å². The van der Waals surface area contributed by atoms with Gasteiger partial charge in [0.15, 0.2) is 5.13 Å². The highest BCUT2D eigenvalue weighted by Crippen LogP contribution is 2.33. The molecule has 0 aliphatic carbocycles. The third-order valence-electron chi connectivity index (χ3n) is 6.26. The van der Waals surface area contributed by atoms with Crippen molar-refractivity contribution in [3.63, 3.8) is 0 Å². The second-order valence-electron chi connectivity index (χ2n) is 8.52. The maximum Gasteiger partial charge on any atom is 0.260 e. The smallest absolute Gasteiger partial charge is 0.260 e. The first-order valence-electron chi connectivity index (χ1n) is 12.2. The van der Waals surface area contributed by atoms with Crippen LogP contribution in [0.2, 0.25) is 0 Å². The van der Waals surface area contributed by atoms with Gasteiger partial charge in [0.2, 0.25) is 10.0 Å². The second-order valence-corrected chi connectivity index (χ2v) is 11.4. The molecule has 3 aromatic rings. The molecule has 190 valence electrons. The number of benzene rings is 2. The number of rotatable bonds is 11. The molecular formula is C26H36N4O3S2. The average molecular weight is 517 g/mol. The summed E-state index contributed by atoms with van der Waals surface area (Å²) in [4.78, 5) is 22.7. The number of sulfonamides is 1. The molecule has 0 N–H and O–H groups in total. The number of thiazole rings is 1. The maximum absolute atomic E-state index is 13.7. The van der Waals surface area contributed by atoms with Gasteiger partial charge in [-0.05, 0) is 68.4 Å². The van der Waals surface area contributed by atoms with Gasteiger partial charge in [-0.15, -0.1) is 0 Å².